The number of primary amides is 1. The first-order valence-electron chi connectivity index (χ1n) is 8.13. The number of nitrogens with two attached hydrogens (primary N) is 2. The van der Waals surface area contributed by atoms with E-state index in [0.29, 0.717) is 16.9 Å². The van der Waals surface area contributed by atoms with Gasteiger partial charge in [-0.05, 0) is 54.2 Å². The minimum Gasteiger partial charge on any atom is -0.374 e. The van der Waals surface area contributed by atoms with E-state index in [0.717, 1.165) is 21.9 Å². The normalized spacial score (nSPS) is 13.0. The molecule has 1 aromatic carbocycles. The number of nitrogens with one attached hydrogen (secondary N) is 2. The highest BCUT2D eigenvalue weighted by Crippen LogP contribution is 2.28. The maximum absolute atomic E-state index is 11.7. The zero-order chi connectivity index (χ0) is 19.4. The van der Waals surface area contributed by atoms with Crippen molar-refractivity contribution >= 4 is 51.4 Å². The molecule has 140 valence electrons. The van der Waals surface area contributed by atoms with Crippen LogP contribution in [0, 0.1) is 6.92 Å². The summed E-state index contributed by atoms with van der Waals surface area (Å²) < 4.78 is 4.21. The van der Waals surface area contributed by atoms with Crippen molar-refractivity contribution in [1.29, 1.82) is 0 Å². The zero-order valence-electron chi connectivity index (χ0n) is 14.5. The number of carbonyl (C=O) groups is 2. The molecule has 0 spiro atoms. The van der Waals surface area contributed by atoms with E-state index in [1.807, 2.05) is 30.5 Å². The van der Waals surface area contributed by atoms with Gasteiger partial charge in [-0.1, -0.05) is 6.07 Å². The molecule has 3 aromatic rings. The van der Waals surface area contributed by atoms with Gasteiger partial charge in [-0.15, -0.1) is 11.3 Å². The molecule has 27 heavy (non-hydrogen) atoms. The van der Waals surface area contributed by atoms with Crippen molar-refractivity contribution in [3.63, 3.8) is 0 Å². The number of hydrogen-bond donors (Lipinski definition) is 4. The van der Waals surface area contributed by atoms with E-state index in [-0.39, 0.29) is 0 Å². The first-order valence-corrected chi connectivity index (χ1v) is 9.78. The molecule has 0 saturated carbocycles. The Kier molecular flexibility index (Phi) is 5.84. The zero-order valence-corrected chi connectivity index (χ0v) is 16.1. The van der Waals surface area contributed by atoms with Crippen LogP contribution in [0.5, 0.6) is 0 Å². The standard InChI is InChI=1S/C18H19N5O2S2/c1-10-7-16(27-23-10)22-13-8-11(4-5-12(13)18(20)25)21-14(9-24)17(19)15-3-2-6-26-15/h2-9,14,17,21-22H,19H2,1H3,(H2,20,25). The van der Waals surface area contributed by atoms with E-state index in [2.05, 4.69) is 15.0 Å². The Balaban J connectivity index is 1.85. The Morgan fingerprint density at radius 1 is 1.30 bits per heavy atom. The van der Waals surface area contributed by atoms with E-state index in [1.165, 1.54) is 22.9 Å². The van der Waals surface area contributed by atoms with Crippen LogP contribution >= 0.6 is 22.9 Å². The van der Waals surface area contributed by atoms with Crippen LogP contribution in [0.3, 0.4) is 0 Å². The lowest BCUT2D eigenvalue weighted by molar-refractivity contribution is -0.108. The molecule has 1 amide bonds. The molecular formula is C18H19N5O2S2. The summed E-state index contributed by atoms with van der Waals surface area (Å²) in [5, 5.41) is 8.99. The fourth-order valence-electron chi connectivity index (χ4n) is 2.57. The fraction of sp³-hybridized carbons (Fsp3) is 0.167. The van der Waals surface area contributed by atoms with Crippen molar-refractivity contribution in [2.45, 2.75) is 19.0 Å². The predicted octanol–water partition coefficient (Wildman–Crippen LogP) is 3.03. The molecule has 3 rings (SSSR count). The summed E-state index contributed by atoms with van der Waals surface area (Å²) >= 11 is 2.78. The highest BCUT2D eigenvalue weighted by atomic mass is 32.1. The summed E-state index contributed by atoms with van der Waals surface area (Å²) in [5.74, 6) is -0.549. The smallest absolute Gasteiger partial charge is 0.250 e. The number of rotatable bonds is 8. The van der Waals surface area contributed by atoms with Crippen LogP contribution in [0.2, 0.25) is 0 Å². The van der Waals surface area contributed by atoms with Gasteiger partial charge in [0.25, 0.3) is 5.91 Å². The van der Waals surface area contributed by atoms with Gasteiger partial charge in [-0.25, -0.2) is 0 Å². The summed E-state index contributed by atoms with van der Waals surface area (Å²) in [6, 6.07) is 9.61. The Morgan fingerprint density at radius 3 is 2.70 bits per heavy atom. The molecule has 6 N–H and O–H groups in total. The molecule has 2 atom stereocenters. The number of benzene rings is 1. The van der Waals surface area contributed by atoms with Crippen molar-refractivity contribution in [2.75, 3.05) is 10.6 Å². The lowest BCUT2D eigenvalue weighted by Crippen LogP contribution is -2.34. The number of amides is 1. The van der Waals surface area contributed by atoms with Gasteiger partial charge in [-0.3, -0.25) is 4.79 Å². The Labute approximate surface area is 164 Å². The van der Waals surface area contributed by atoms with Crippen LogP contribution in [0.1, 0.15) is 27.0 Å². The third-order valence-electron chi connectivity index (χ3n) is 3.91. The second-order valence-corrected chi connectivity index (χ2v) is 7.71. The second-order valence-electron chi connectivity index (χ2n) is 5.93. The molecule has 7 nitrogen and oxygen atoms in total. The number of nitrogens with zero attached hydrogens (tertiary/aromatic N) is 1. The van der Waals surface area contributed by atoms with Crippen molar-refractivity contribution in [2.24, 2.45) is 11.5 Å². The Bertz CT molecular complexity index is 939. The highest BCUT2D eigenvalue weighted by Gasteiger charge is 2.20. The van der Waals surface area contributed by atoms with E-state index >= 15 is 0 Å². The number of thiophene rings is 1. The number of aromatic nitrogens is 1. The van der Waals surface area contributed by atoms with Crippen molar-refractivity contribution in [1.82, 2.24) is 4.37 Å². The molecule has 0 aliphatic heterocycles. The van der Waals surface area contributed by atoms with Gasteiger partial charge in [0.1, 0.15) is 17.3 Å². The van der Waals surface area contributed by atoms with Crippen molar-refractivity contribution < 1.29 is 9.59 Å². The molecule has 0 radical (unpaired) electrons. The lowest BCUT2D eigenvalue weighted by Gasteiger charge is -2.21. The molecule has 0 aliphatic carbocycles. The van der Waals surface area contributed by atoms with Gasteiger partial charge in [0, 0.05) is 10.6 Å². The predicted molar refractivity (Wildman–Crippen MR) is 110 cm³/mol. The molecule has 0 aliphatic rings. The Morgan fingerprint density at radius 2 is 2.11 bits per heavy atom. The van der Waals surface area contributed by atoms with Crippen LogP contribution in [0.15, 0.2) is 41.8 Å². The van der Waals surface area contributed by atoms with E-state index in [4.69, 9.17) is 11.5 Å². The van der Waals surface area contributed by atoms with E-state index in [9.17, 15) is 9.59 Å². The number of aldehydes is 1. The summed E-state index contributed by atoms with van der Waals surface area (Å²) in [6.45, 7) is 1.88. The second kappa shape index (κ2) is 8.30. The summed E-state index contributed by atoms with van der Waals surface area (Å²) in [4.78, 5) is 24.2. The number of anilines is 3. The van der Waals surface area contributed by atoms with Gasteiger partial charge in [0.05, 0.1) is 23.0 Å². The number of aryl methyl sites for hydroxylation is 1. The third-order valence-corrected chi connectivity index (χ3v) is 5.68. The summed E-state index contributed by atoms with van der Waals surface area (Å²) in [5.41, 5.74) is 14.1. The largest absolute Gasteiger partial charge is 0.374 e. The maximum Gasteiger partial charge on any atom is 0.250 e. The van der Waals surface area contributed by atoms with E-state index < -0.39 is 18.0 Å². The highest BCUT2D eigenvalue weighted by molar-refractivity contribution is 7.10. The summed E-state index contributed by atoms with van der Waals surface area (Å²) in [6.07, 6.45) is 0.784. The molecule has 2 unspecified atom stereocenters. The minimum absolute atomic E-state index is 0.344. The van der Waals surface area contributed by atoms with Crippen LogP contribution in [0.25, 0.3) is 0 Å². The molecular weight excluding hydrogens is 382 g/mol. The Hall–Kier alpha value is -2.75. The van der Waals surface area contributed by atoms with Crippen LogP contribution in [0.4, 0.5) is 16.4 Å². The monoisotopic (exact) mass is 401 g/mol. The topological polar surface area (TPSA) is 123 Å². The lowest BCUT2D eigenvalue weighted by atomic mass is 10.1. The first kappa shape index (κ1) is 19.0. The van der Waals surface area contributed by atoms with Crippen LogP contribution < -0.4 is 22.1 Å². The maximum atomic E-state index is 11.7. The van der Waals surface area contributed by atoms with Crippen molar-refractivity contribution in [3.8, 4) is 0 Å². The first-order chi connectivity index (χ1) is 13.0. The average molecular weight is 402 g/mol. The number of carbonyl (C=O) groups excluding carboxylic acids is 2. The van der Waals surface area contributed by atoms with Gasteiger partial charge in [-0.2, -0.15) is 4.37 Å². The fourth-order valence-corrected chi connectivity index (χ4v) is 4.02. The third kappa shape index (κ3) is 4.51. The average Bonchev–Trinajstić information content (AvgIpc) is 3.31. The summed E-state index contributed by atoms with van der Waals surface area (Å²) in [7, 11) is 0. The molecule has 2 heterocycles. The van der Waals surface area contributed by atoms with Gasteiger partial charge in [0.2, 0.25) is 0 Å². The van der Waals surface area contributed by atoms with Crippen molar-refractivity contribution in [3.05, 3.63) is 57.9 Å². The SMILES string of the molecule is Cc1cc(Nc2cc(NC(C=O)C(N)c3cccs3)ccc2C(N)=O)sn1. The van der Waals surface area contributed by atoms with Crippen LogP contribution in [-0.2, 0) is 4.79 Å². The van der Waals surface area contributed by atoms with Gasteiger partial charge in [0.15, 0.2) is 0 Å². The molecule has 0 saturated heterocycles. The molecule has 0 bridgehead atoms. The quantitative estimate of drug-likeness (QED) is 0.430. The molecule has 9 heteroatoms. The van der Waals surface area contributed by atoms with Crippen LogP contribution in [-0.4, -0.2) is 22.6 Å². The number of hydrogen-bond acceptors (Lipinski definition) is 8. The molecule has 2 aromatic heterocycles. The van der Waals surface area contributed by atoms with Gasteiger partial charge < -0.3 is 26.9 Å². The molecule has 0 fully saturated rings. The van der Waals surface area contributed by atoms with E-state index in [1.54, 1.807) is 18.2 Å². The minimum atomic E-state index is -0.610. The van der Waals surface area contributed by atoms with Gasteiger partial charge >= 0.3 is 0 Å².